The van der Waals surface area contributed by atoms with Gasteiger partial charge in [-0.05, 0) is 42.5 Å². The topological polar surface area (TPSA) is 67.4 Å². The number of carbonyl (C=O) groups is 2. The summed E-state index contributed by atoms with van der Waals surface area (Å²) in [5.74, 6) is 0.0607. The van der Waals surface area contributed by atoms with Gasteiger partial charge in [-0.1, -0.05) is 15.9 Å². The Balaban J connectivity index is 1.85. The number of allylic oxidation sites excluding steroid dienone is 1. The third-order valence-electron chi connectivity index (χ3n) is 3.39. The minimum Gasteiger partial charge on any atom is -0.497 e. The van der Waals surface area contributed by atoms with E-state index < -0.39 is 0 Å². The average Bonchev–Trinajstić information content (AvgIpc) is 2.55. The molecule has 0 aliphatic carbocycles. The van der Waals surface area contributed by atoms with Crippen molar-refractivity contribution in [2.24, 2.45) is 0 Å². The maximum absolute atomic E-state index is 12.3. The molecule has 0 radical (unpaired) electrons. The number of halogens is 1. The molecule has 0 saturated heterocycles. The summed E-state index contributed by atoms with van der Waals surface area (Å²) < 4.78 is 5.92. The van der Waals surface area contributed by atoms with Crippen molar-refractivity contribution in [1.82, 2.24) is 0 Å². The van der Waals surface area contributed by atoms with E-state index in [1.165, 1.54) is 6.08 Å². The summed E-state index contributed by atoms with van der Waals surface area (Å²) in [5.41, 5.74) is 2.09. The van der Waals surface area contributed by atoms with Crippen LogP contribution in [-0.4, -0.2) is 18.8 Å². The Bertz CT molecular complexity index is 813. The molecule has 0 atom stereocenters. The molecule has 1 heterocycles. The van der Waals surface area contributed by atoms with Crippen molar-refractivity contribution >= 4 is 39.0 Å². The summed E-state index contributed by atoms with van der Waals surface area (Å²) in [4.78, 5) is 24.4. The summed E-state index contributed by atoms with van der Waals surface area (Å²) >= 11 is 3.35. The molecular formula is C17H13BrN2O3. The molecule has 1 aliphatic heterocycles. The van der Waals surface area contributed by atoms with Gasteiger partial charge < -0.3 is 15.4 Å². The van der Waals surface area contributed by atoms with Crippen molar-refractivity contribution in [3.8, 4) is 5.75 Å². The summed E-state index contributed by atoms with van der Waals surface area (Å²) in [6.07, 6.45) is 1.29. The molecule has 6 heteroatoms. The Labute approximate surface area is 141 Å². The molecule has 0 bridgehead atoms. The molecule has 0 saturated carbocycles. The lowest BCUT2D eigenvalue weighted by Crippen LogP contribution is -2.26. The molecule has 1 amide bonds. The molecule has 1 aliphatic rings. The normalized spacial score (nSPS) is 14.7. The first-order chi connectivity index (χ1) is 11.1. The maximum atomic E-state index is 12.3. The number of fused-ring (bicyclic) bond motifs is 1. The number of amides is 1. The molecule has 2 aromatic carbocycles. The summed E-state index contributed by atoms with van der Waals surface area (Å²) in [5, 5.41) is 5.73. The number of benzene rings is 2. The van der Waals surface area contributed by atoms with E-state index in [2.05, 4.69) is 26.6 Å². The largest absolute Gasteiger partial charge is 0.497 e. The second kappa shape index (κ2) is 6.26. The molecule has 2 N–H and O–H groups in total. The number of nitrogens with one attached hydrogen (secondary N) is 2. The van der Waals surface area contributed by atoms with Crippen molar-refractivity contribution in [1.29, 1.82) is 0 Å². The maximum Gasteiger partial charge on any atom is 0.272 e. The zero-order valence-corrected chi connectivity index (χ0v) is 13.8. The van der Waals surface area contributed by atoms with Gasteiger partial charge in [-0.2, -0.15) is 0 Å². The number of carbonyl (C=O) groups excluding carboxylic acids is 2. The third-order valence-corrected chi connectivity index (χ3v) is 3.89. The van der Waals surface area contributed by atoms with Gasteiger partial charge in [-0.15, -0.1) is 0 Å². The fourth-order valence-corrected chi connectivity index (χ4v) is 2.55. The van der Waals surface area contributed by atoms with Crippen molar-refractivity contribution in [2.45, 2.75) is 0 Å². The Morgan fingerprint density at radius 2 is 1.83 bits per heavy atom. The average molecular weight is 373 g/mol. The number of anilines is 2. The van der Waals surface area contributed by atoms with Crippen molar-refractivity contribution in [3.63, 3.8) is 0 Å². The molecule has 0 fully saturated rings. The van der Waals surface area contributed by atoms with Crippen molar-refractivity contribution in [3.05, 3.63) is 64.3 Å². The van der Waals surface area contributed by atoms with Gasteiger partial charge >= 0.3 is 0 Å². The minimum absolute atomic E-state index is 0.209. The van der Waals surface area contributed by atoms with Crippen LogP contribution in [0, 0.1) is 0 Å². The lowest BCUT2D eigenvalue weighted by Gasteiger charge is -2.21. The Morgan fingerprint density at radius 1 is 1.09 bits per heavy atom. The SMILES string of the molecule is COc1ccc(C(=O)C=C2Nc3ccc(Br)cc3NC2=O)cc1. The first kappa shape index (κ1) is 15.3. The van der Waals surface area contributed by atoms with Crippen molar-refractivity contribution in [2.75, 3.05) is 17.7 Å². The van der Waals surface area contributed by atoms with Gasteiger partial charge in [-0.25, -0.2) is 0 Å². The van der Waals surface area contributed by atoms with Crippen LogP contribution in [-0.2, 0) is 4.79 Å². The van der Waals surface area contributed by atoms with E-state index >= 15 is 0 Å². The highest BCUT2D eigenvalue weighted by atomic mass is 79.9. The molecule has 0 unspecified atom stereocenters. The highest BCUT2D eigenvalue weighted by molar-refractivity contribution is 9.10. The second-order valence-electron chi connectivity index (χ2n) is 4.92. The molecule has 0 aromatic heterocycles. The Kier molecular flexibility index (Phi) is 4.16. The van der Waals surface area contributed by atoms with E-state index in [0.717, 1.165) is 10.2 Å². The summed E-state index contributed by atoms with van der Waals surface area (Å²) in [6, 6.07) is 12.2. The van der Waals surface area contributed by atoms with Gasteiger partial charge in [0.25, 0.3) is 5.91 Å². The van der Waals surface area contributed by atoms with Gasteiger partial charge in [0, 0.05) is 16.1 Å². The zero-order chi connectivity index (χ0) is 16.4. The molecule has 3 rings (SSSR count). The van der Waals surface area contributed by atoms with Crippen LogP contribution in [0.5, 0.6) is 5.75 Å². The van der Waals surface area contributed by atoms with Gasteiger partial charge in [0.1, 0.15) is 11.4 Å². The number of hydrogen-bond donors (Lipinski definition) is 2. The fourth-order valence-electron chi connectivity index (χ4n) is 2.19. The molecule has 116 valence electrons. The highest BCUT2D eigenvalue weighted by Crippen LogP contribution is 2.30. The predicted molar refractivity (Wildman–Crippen MR) is 91.8 cm³/mol. The molecule has 2 aromatic rings. The second-order valence-corrected chi connectivity index (χ2v) is 5.84. The van der Waals surface area contributed by atoms with Gasteiger partial charge in [-0.3, -0.25) is 9.59 Å². The molecular weight excluding hydrogens is 360 g/mol. The van der Waals surface area contributed by atoms with Crippen LogP contribution in [0.4, 0.5) is 11.4 Å². The van der Waals surface area contributed by atoms with Crippen LogP contribution < -0.4 is 15.4 Å². The number of hydrogen-bond acceptors (Lipinski definition) is 4. The van der Waals surface area contributed by atoms with E-state index in [-0.39, 0.29) is 17.4 Å². The minimum atomic E-state index is -0.350. The van der Waals surface area contributed by atoms with Crippen LogP contribution in [0.3, 0.4) is 0 Å². The van der Waals surface area contributed by atoms with Crippen LogP contribution in [0.25, 0.3) is 0 Å². The lowest BCUT2D eigenvalue weighted by molar-refractivity contribution is -0.112. The van der Waals surface area contributed by atoms with Gasteiger partial charge in [0.05, 0.1) is 18.5 Å². The van der Waals surface area contributed by atoms with Crippen LogP contribution in [0.15, 0.2) is 58.7 Å². The van der Waals surface area contributed by atoms with Crippen LogP contribution >= 0.6 is 15.9 Å². The number of methoxy groups -OCH3 is 1. The van der Waals surface area contributed by atoms with Crippen LogP contribution in [0.1, 0.15) is 10.4 Å². The van der Waals surface area contributed by atoms with E-state index in [9.17, 15) is 9.59 Å². The zero-order valence-electron chi connectivity index (χ0n) is 12.2. The number of ether oxygens (including phenoxy) is 1. The van der Waals surface area contributed by atoms with E-state index in [1.54, 1.807) is 37.4 Å². The summed E-state index contributed by atoms with van der Waals surface area (Å²) in [7, 11) is 1.56. The standard InChI is InChI=1S/C17H13BrN2O3/c1-23-12-5-2-10(3-6-12)16(21)9-15-17(22)20-14-8-11(18)4-7-13(14)19-15/h2-9,19H,1H3,(H,20,22). The van der Waals surface area contributed by atoms with Crippen LogP contribution in [0.2, 0.25) is 0 Å². The van der Waals surface area contributed by atoms with Gasteiger partial charge in [0.15, 0.2) is 5.78 Å². The quantitative estimate of drug-likeness (QED) is 0.638. The first-order valence-electron chi connectivity index (χ1n) is 6.85. The van der Waals surface area contributed by atoms with Gasteiger partial charge in [0.2, 0.25) is 0 Å². The lowest BCUT2D eigenvalue weighted by atomic mass is 10.1. The van der Waals surface area contributed by atoms with E-state index in [1.807, 2.05) is 12.1 Å². The predicted octanol–water partition coefficient (Wildman–Crippen LogP) is 3.59. The number of ketones is 1. The van der Waals surface area contributed by atoms with Crippen molar-refractivity contribution < 1.29 is 14.3 Å². The Morgan fingerprint density at radius 3 is 2.52 bits per heavy atom. The smallest absolute Gasteiger partial charge is 0.272 e. The monoisotopic (exact) mass is 372 g/mol. The number of rotatable bonds is 3. The third kappa shape index (κ3) is 3.27. The Hall–Kier alpha value is -2.60. The first-order valence-corrected chi connectivity index (χ1v) is 7.64. The molecule has 23 heavy (non-hydrogen) atoms. The molecule has 5 nitrogen and oxygen atoms in total. The summed E-state index contributed by atoms with van der Waals surface area (Å²) in [6.45, 7) is 0. The van der Waals surface area contributed by atoms with E-state index in [0.29, 0.717) is 17.0 Å². The molecule has 0 spiro atoms. The highest BCUT2D eigenvalue weighted by Gasteiger charge is 2.20. The van der Waals surface area contributed by atoms with E-state index in [4.69, 9.17) is 4.74 Å². The fraction of sp³-hybridized carbons (Fsp3) is 0.0588.